The van der Waals surface area contributed by atoms with Crippen LogP contribution >= 0.6 is 0 Å². The molecule has 0 atom stereocenters. The molecule has 0 aliphatic heterocycles. The van der Waals surface area contributed by atoms with Crippen LogP contribution in [0.4, 0.5) is 0 Å². The Morgan fingerprint density at radius 2 is 1.44 bits per heavy atom. The van der Waals surface area contributed by atoms with E-state index < -0.39 is 0 Å². The lowest BCUT2D eigenvalue weighted by atomic mass is 10.1. The summed E-state index contributed by atoms with van der Waals surface area (Å²) in [5.74, 6) is 0. The minimum atomic E-state index is 0.642. The maximum Gasteiger partial charge on any atom is 0.0721 e. The van der Waals surface area contributed by atoms with Crippen molar-refractivity contribution in [2.75, 3.05) is 0 Å². The summed E-state index contributed by atoms with van der Waals surface area (Å²) in [6.45, 7) is 4.98. The summed E-state index contributed by atoms with van der Waals surface area (Å²) >= 11 is 0. The van der Waals surface area contributed by atoms with Crippen LogP contribution in [0.2, 0.25) is 0 Å². The molecule has 0 aliphatic carbocycles. The number of hydrogen-bond donors (Lipinski definition) is 0. The molecule has 2 aromatic rings. The molecule has 0 aliphatic rings. The maximum atomic E-state index is 5.68. The molecule has 1 nitrogen and oxygen atoms in total. The minimum absolute atomic E-state index is 0.642. The monoisotopic (exact) mass is 237 g/mol. The zero-order valence-corrected chi connectivity index (χ0v) is 10.4. The smallest absolute Gasteiger partial charge is 0.0721 e. The van der Waals surface area contributed by atoms with Crippen molar-refractivity contribution in [1.82, 2.24) is 0 Å². The quantitative estimate of drug-likeness (QED) is 0.755. The Morgan fingerprint density at radius 1 is 0.833 bits per heavy atom. The van der Waals surface area contributed by atoms with E-state index in [9.17, 15) is 0 Å². The normalized spacial score (nSPS) is 10.9. The van der Waals surface area contributed by atoms with E-state index in [2.05, 4.69) is 43.3 Å². The lowest BCUT2D eigenvalue weighted by Crippen LogP contribution is -1.93. The van der Waals surface area contributed by atoms with Gasteiger partial charge in [0.05, 0.1) is 13.2 Å². The summed E-state index contributed by atoms with van der Waals surface area (Å²) in [6.07, 6.45) is 3.77. The molecule has 0 saturated carbocycles. The van der Waals surface area contributed by atoms with Crippen molar-refractivity contribution in [2.24, 2.45) is 0 Å². The molecule has 1 heteroatoms. The van der Waals surface area contributed by atoms with Crippen molar-refractivity contribution < 1.29 is 4.74 Å². The van der Waals surface area contributed by atoms with Crippen LogP contribution < -0.4 is 0 Å². The van der Waals surface area contributed by atoms with Gasteiger partial charge >= 0.3 is 0 Å². The molecular weight excluding hydrogens is 220 g/mol. The Balaban J connectivity index is 1.83. The van der Waals surface area contributed by atoms with Crippen LogP contribution in [-0.4, -0.2) is 0 Å². The van der Waals surface area contributed by atoms with Gasteiger partial charge in [0.1, 0.15) is 0 Å². The molecule has 0 N–H and O–H groups in total. The lowest BCUT2D eigenvalue weighted by Gasteiger charge is -2.05. The number of rotatable bonds is 5. The summed E-state index contributed by atoms with van der Waals surface area (Å²) in [7, 11) is 0. The number of benzene rings is 2. The van der Waals surface area contributed by atoms with Gasteiger partial charge in [0.2, 0.25) is 0 Å². The van der Waals surface area contributed by atoms with Crippen LogP contribution in [0.15, 0.2) is 60.7 Å². The third kappa shape index (κ3) is 3.86. The second kappa shape index (κ2) is 6.77. The molecule has 0 spiro atoms. The van der Waals surface area contributed by atoms with Crippen molar-refractivity contribution in [3.63, 3.8) is 0 Å². The SMILES string of the molecule is [CH2]/C=C/c1ccc(COCc2ccccc2)cc1. The fourth-order valence-corrected chi connectivity index (χ4v) is 1.72. The first-order valence-electron chi connectivity index (χ1n) is 6.05. The molecule has 0 bridgehead atoms. The van der Waals surface area contributed by atoms with Crippen molar-refractivity contribution in [2.45, 2.75) is 13.2 Å². The van der Waals surface area contributed by atoms with Crippen LogP contribution in [0.5, 0.6) is 0 Å². The van der Waals surface area contributed by atoms with E-state index in [1.54, 1.807) is 6.08 Å². The molecule has 0 amide bonds. The third-order valence-corrected chi connectivity index (χ3v) is 2.67. The van der Waals surface area contributed by atoms with Crippen LogP contribution in [-0.2, 0) is 18.0 Å². The molecule has 0 aromatic heterocycles. The Hall–Kier alpha value is -1.86. The van der Waals surface area contributed by atoms with Crippen molar-refractivity contribution in [1.29, 1.82) is 0 Å². The van der Waals surface area contributed by atoms with E-state index in [4.69, 9.17) is 4.74 Å². The Kier molecular flexibility index (Phi) is 4.74. The van der Waals surface area contributed by atoms with Crippen molar-refractivity contribution in [3.8, 4) is 0 Å². The van der Waals surface area contributed by atoms with Crippen molar-refractivity contribution in [3.05, 3.63) is 84.3 Å². The number of ether oxygens (including phenoxy) is 1. The topological polar surface area (TPSA) is 9.23 Å². The van der Waals surface area contributed by atoms with Crippen molar-refractivity contribution >= 4 is 6.08 Å². The van der Waals surface area contributed by atoms with Crippen LogP contribution in [0.3, 0.4) is 0 Å². The fraction of sp³-hybridized carbons (Fsp3) is 0.118. The van der Waals surface area contributed by atoms with E-state index >= 15 is 0 Å². The molecule has 0 fully saturated rings. The van der Waals surface area contributed by atoms with Gasteiger partial charge in [-0.3, -0.25) is 0 Å². The summed E-state index contributed by atoms with van der Waals surface area (Å²) in [4.78, 5) is 0. The average molecular weight is 237 g/mol. The van der Waals surface area contributed by atoms with Crippen LogP contribution in [0, 0.1) is 6.92 Å². The molecule has 0 heterocycles. The fourth-order valence-electron chi connectivity index (χ4n) is 1.72. The molecule has 18 heavy (non-hydrogen) atoms. The van der Waals surface area contributed by atoms with Gasteiger partial charge in [-0.25, -0.2) is 0 Å². The van der Waals surface area contributed by atoms with Gasteiger partial charge in [-0.1, -0.05) is 66.7 Å². The summed E-state index contributed by atoms with van der Waals surface area (Å²) in [5.41, 5.74) is 3.55. The van der Waals surface area contributed by atoms with E-state index in [1.807, 2.05) is 24.3 Å². The van der Waals surface area contributed by atoms with E-state index in [1.165, 1.54) is 11.1 Å². The predicted octanol–water partition coefficient (Wildman–Crippen LogP) is 4.25. The number of hydrogen-bond acceptors (Lipinski definition) is 1. The van der Waals surface area contributed by atoms with Crippen LogP contribution in [0.25, 0.3) is 6.08 Å². The molecule has 2 aromatic carbocycles. The molecular formula is C17H17O. The first-order chi connectivity index (χ1) is 8.88. The van der Waals surface area contributed by atoms with E-state index in [0.717, 1.165) is 5.56 Å². The zero-order chi connectivity index (χ0) is 12.6. The summed E-state index contributed by atoms with van der Waals surface area (Å²) < 4.78 is 5.68. The number of allylic oxidation sites excluding steroid dienone is 1. The third-order valence-electron chi connectivity index (χ3n) is 2.67. The minimum Gasteiger partial charge on any atom is -0.372 e. The first-order valence-corrected chi connectivity index (χ1v) is 6.05. The van der Waals surface area contributed by atoms with E-state index in [-0.39, 0.29) is 0 Å². The average Bonchev–Trinajstić information content (AvgIpc) is 2.42. The highest BCUT2D eigenvalue weighted by Crippen LogP contribution is 2.09. The largest absolute Gasteiger partial charge is 0.372 e. The standard InChI is InChI=1S/C17H17O/c1-2-6-15-9-11-17(12-10-15)14-18-13-16-7-4-3-5-8-16/h2-12H,1,13-14H2/b6-2+. The molecule has 0 saturated heterocycles. The highest BCUT2D eigenvalue weighted by Gasteiger charge is 1.95. The maximum absolute atomic E-state index is 5.68. The second-order valence-electron chi connectivity index (χ2n) is 4.12. The Morgan fingerprint density at radius 3 is 2.06 bits per heavy atom. The molecule has 0 unspecified atom stereocenters. The van der Waals surface area contributed by atoms with E-state index in [0.29, 0.717) is 13.2 Å². The highest BCUT2D eigenvalue weighted by atomic mass is 16.5. The molecule has 1 radical (unpaired) electrons. The van der Waals surface area contributed by atoms with Gasteiger partial charge in [0.15, 0.2) is 0 Å². The predicted molar refractivity (Wildman–Crippen MR) is 75.8 cm³/mol. The van der Waals surface area contributed by atoms with Gasteiger partial charge in [-0.2, -0.15) is 0 Å². The molecule has 2 rings (SSSR count). The molecule has 91 valence electrons. The van der Waals surface area contributed by atoms with Crippen LogP contribution in [0.1, 0.15) is 16.7 Å². The lowest BCUT2D eigenvalue weighted by molar-refractivity contribution is 0.107. The van der Waals surface area contributed by atoms with Gasteiger partial charge in [-0.05, 0) is 23.6 Å². The highest BCUT2D eigenvalue weighted by molar-refractivity contribution is 5.49. The van der Waals surface area contributed by atoms with Gasteiger partial charge < -0.3 is 4.74 Å². The first kappa shape index (κ1) is 12.6. The summed E-state index contributed by atoms with van der Waals surface area (Å²) in [6, 6.07) is 18.5. The van der Waals surface area contributed by atoms with Gasteiger partial charge in [0.25, 0.3) is 0 Å². The van der Waals surface area contributed by atoms with Gasteiger partial charge in [-0.15, -0.1) is 0 Å². The Labute approximate surface area is 109 Å². The van der Waals surface area contributed by atoms with Gasteiger partial charge in [0, 0.05) is 0 Å². The summed E-state index contributed by atoms with van der Waals surface area (Å²) in [5, 5.41) is 0. The zero-order valence-electron chi connectivity index (χ0n) is 10.4. The second-order valence-corrected chi connectivity index (χ2v) is 4.12. The Bertz CT molecular complexity index is 483.